The van der Waals surface area contributed by atoms with Crippen LogP contribution in [0.25, 0.3) is 0 Å². The Hall–Kier alpha value is 0.250. The highest BCUT2D eigenvalue weighted by Gasteiger charge is 2.18. The van der Waals surface area contributed by atoms with Gasteiger partial charge in [0.05, 0.1) is 16.4 Å². The van der Waals surface area contributed by atoms with Crippen molar-refractivity contribution in [1.82, 2.24) is 4.90 Å². The highest BCUT2D eigenvalue weighted by molar-refractivity contribution is 9.11. The highest BCUT2D eigenvalue weighted by Crippen LogP contribution is 2.23. The lowest BCUT2D eigenvalue weighted by Crippen LogP contribution is -2.41. The average Bonchev–Trinajstić information content (AvgIpc) is 2.70. The van der Waals surface area contributed by atoms with E-state index in [9.17, 15) is 4.79 Å². The van der Waals surface area contributed by atoms with Crippen molar-refractivity contribution in [2.24, 2.45) is 5.73 Å². The zero-order valence-corrected chi connectivity index (χ0v) is 14.4. The van der Waals surface area contributed by atoms with Crippen LogP contribution in [0.15, 0.2) is 15.9 Å². The Morgan fingerprint density at radius 2 is 2.28 bits per heavy atom. The lowest BCUT2D eigenvalue weighted by molar-refractivity contribution is -0.131. The molecule has 0 saturated heterocycles. The first-order valence-corrected chi connectivity index (χ1v) is 8.28. The predicted molar refractivity (Wildman–Crippen MR) is 86.7 cm³/mol. The van der Waals surface area contributed by atoms with Crippen LogP contribution in [-0.4, -0.2) is 35.9 Å². The van der Waals surface area contributed by atoms with E-state index in [0.717, 1.165) is 20.8 Å². The van der Waals surface area contributed by atoms with Crippen molar-refractivity contribution in [3.63, 3.8) is 0 Å². The second-order valence-corrected chi connectivity index (χ2v) is 7.32. The molecule has 1 amide bonds. The monoisotopic (exact) mass is 372 g/mol. The number of thiophene rings is 1. The van der Waals surface area contributed by atoms with E-state index in [1.165, 1.54) is 0 Å². The standard InChI is InChI=1S/C11H17BrN2OS2.ClH/c1-14(7-8-3-4-10(12)17-8)11(15)9(13)5-6-16-2;/h3-4,9H,5-7,13H2,1-2H3;1H. The van der Waals surface area contributed by atoms with Crippen LogP contribution in [-0.2, 0) is 11.3 Å². The quantitative estimate of drug-likeness (QED) is 0.834. The fourth-order valence-electron chi connectivity index (χ4n) is 1.40. The Balaban J connectivity index is 0.00000289. The van der Waals surface area contributed by atoms with Gasteiger partial charge in [0.1, 0.15) is 0 Å². The molecule has 104 valence electrons. The summed E-state index contributed by atoms with van der Waals surface area (Å²) in [5.41, 5.74) is 5.85. The minimum atomic E-state index is -0.379. The second-order valence-electron chi connectivity index (χ2n) is 3.79. The smallest absolute Gasteiger partial charge is 0.239 e. The zero-order chi connectivity index (χ0) is 12.8. The number of nitrogens with zero attached hydrogens (tertiary/aromatic N) is 1. The normalized spacial score (nSPS) is 11.8. The molecule has 0 fully saturated rings. The Kier molecular flexibility index (Phi) is 9.33. The van der Waals surface area contributed by atoms with Gasteiger partial charge in [-0.15, -0.1) is 23.7 Å². The fourth-order valence-corrected chi connectivity index (χ4v) is 3.43. The molecular weight excluding hydrogens is 356 g/mol. The van der Waals surface area contributed by atoms with E-state index in [1.54, 1.807) is 35.0 Å². The topological polar surface area (TPSA) is 46.3 Å². The van der Waals surface area contributed by atoms with Crippen LogP contribution in [0.2, 0.25) is 0 Å². The Morgan fingerprint density at radius 1 is 1.61 bits per heavy atom. The maximum absolute atomic E-state index is 11.9. The third kappa shape index (κ3) is 5.93. The first-order valence-electron chi connectivity index (χ1n) is 5.28. The SMILES string of the molecule is CSCCC(N)C(=O)N(C)Cc1ccc(Br)s1.Cl. The molecule has 0 spiro atoms. The van der Waals surface area contributed by atoms with Gasteiger partial charge < -0.3 is 10.6 Å². The summed E-state index contributed by atoms with van der Waals surface area (Å²) < 4.78 is 1.08. The minimum absolute atomic E-state index is 0. The minimum Gasteiger partial charge on any atom is -0.339 e. The molecule has 2 N–H and O–H groups in total. The van der Waals surface area contributed by atoms with Gasteiger partial charge in [-0.1, -0.05) is 0 Å². The molecule has 0 radical (unpaired) electrons. The average molecular weight is 374 g/mol. The van der Waals surface area contributed by atoms with E-state index in [1.807, 2.05) is 18.4 Å². The molecule has 3 nitrogen and oxygen atoms in total. The number of halogens is 2. The Morgan fingerprint density at radius 3 is 2.78 bits per heavy atom. The summed E-state index contributed by atoms with van der Waals surface area (Å²) in [4.78, 5) is 14.8. The summed E-state index contributed by atoms with van der Waals surface area (Å²) in [6.45, 7) is 0.627. The maximum atomic E-state index is 11.9. The molecule has 0 aliphatic rings. The first-order chi connectivity index (χ1) is 8.04. The number of carbonyl (C=O) groups is 1. The van der Waals surface area contributed by atoms with Gasteiger partial charge in [0, 0.05) is 11.9 Å². The number of hydrogen-bond donors (Lipinski definition) is 1. The van der Waals surface area contributed by atoms with Gasteiger partial charge in [0.15, 0.2) is 0 Å². The Labute approximate surface area is 131 Å². The van der Waals surface area contributed by atoms with E-state index < -0.39 is 0 Å². The molecule has 0 bridgehead atoms. The van der Waals surface area contributed by atoms with Gasteiger partial charge >= 0.3 is 0 Å². The summed E-state index contributed by atoms with van der Waals surface area (Å²) in [6, 6.07) is 3.63. The summed E-state index contributed by atoms with van der Waals surface area (Å²) in [5, 5.41) is 0. The maximum Gasteiger partial charge on any atom is 0.239 e. The largest absolute Gasteiger partial charge is 0.339 e. The van der Waals surface area contributed by atoms with E-state index in [-0.39, 0.29) is 24.4 Å². The molecule has 1 unspecified atom stereocenters. The number of nitrogens with two attached hydrogens (primary N) is 1. The van der Waals surface area contributed by atoms with Crippen molar-refractivity contribution in [3.8, 4) is 0 Å². The van der Waals surface area contributed by atoms with Crippen LogP contribution in [0.5, 0.6) is 0 Å². The van der Waals surface area contributed by atoms with Crippen LogP contribution in [0.3, 0.4) is 0 Å². The van der Waals surface area contributed by atoms with Crippen molar-refractivity contribution in [2.75, 3.05) is 19.1 Å². The molecule has 1 rings (SSSR count). The van der Waals surface area contributed by atoms with Gasteiger partial charge in [0.2, 0.25) is 5.91 Å². The van der Waals surface area contributed by atoms with E-state index >= 15 is 0 Å². The third-order valence-electron chi connectivity index (χ3n) is 2.35. The van der Waals surface area contributed by atoms with E-state index in [2.05, 4.69) is 15.9 Å². The number of thioether (sulfide) groups is 1. The molecule has 0 aliphatic carbocycles. The number of carbonyl (C=O) groups excluding carboxylic acids is 1. The predicted octanol–water partition coefficient (Wildman–Crippen LogP) is 2.97. The summed E-state index contributed by atoms with van der Waals surface area (Å²) >= 11 is 6.76. The van der Waals surface area contributed by atoms with Crippen molar-refractivity contribution in [2.45, 2.75) is 19.0 Å². The number of hydrogen-bond acceptors (Lipinski definition) is 4. The van der Waals surface area contributed by atoms with Crippen molar-refractivity contribution in [3.05, 3.63) is 20.8 Å². The molecule has 0 saturated carbocycles. The summed E-state index contributed by atoms with van der Waals surface area (Å²) in [6.07, 6.45) is 2.75. The van der Waals surface area contributed by atoms with Crippen LogP contribution in [0.4, 0.5) is 0 Å². The van der Waals surface area contributed by atoms with Gasteiger partial charge in [-0.3, -0.25) is 4.79 Å². The van der Waals surface area contributed by atoms with Crippen molar-refractivity contribution >= 4 is 57.3 Å². The number of amides is 1. The molecule has 1 aromatic rings. The molecule has 18 heavy (non-hydrogen) atoms. The third-order valence-corrected chi connectivity index (χ3v) is 4.60. The highest BCUT2D eigenvalue weighted by atomic mass is 79.9. The van der Waals surface area contributed by atoms with Crippen LogP contribution in [0.1, 0.15) is 11.3 Å². The van der Waals surface area contributed by atoms with Crippen LogP contribution < -0.4 is 5.73 Å². The van der Waals surface area contributed by atoms with Crippen molar-refractivity contribution in [1.29, 1.82) is 0 Å². The molecule has 0 aliphatic heterocycles. The summed E-state index contributed by atoms with van der Waals surface area (Å²) in [7, 11) is 1.80. The first kappa shape index (κ1) is 18.2. The van der Waals surface area contributed by atoms with Gasteiger partial charge in [-0.05, 0) is 46.5 Å². The molecule has 1 atom stereocenters. The fraction of sp³-hybridized carbons (Fsp3) is 0.545. The van der Waals surface area contributed by atoms with Crippen LogP contribution in [0, 0.1) is 0 Å². The Bertz CT molecular complexity index is 376. The molecular formula is C11H18BrClN2OS2. The van der Waals surface area contributed by atoms with E-state index in [0.29, 0.717) is 6.54 Å². The van der Waals surface area contributed by atoms with Gasteiger partial charge in [-0.25, -0.2) is 0 Å². The number of likely N-dealkylation sites (N-methyl/N-ethyl adjacent to an activating group) is 1. The summed E-state index contributed by atoms with van der Waals surface area (Å²) in [5.74, 6) is 0.939. The molecule has 1 aromatic heterocycles. The van der Waals surface area contributed by atoms with Crippen molar-refractivity contribution < 1.29 is 4.79 Å². The molecule has 1 heterocycles. The van der Waals surface area contributed by atoms with Crippen LogP contribution >= 0.6 is 51.4 Å². The van der Waals surface area contributed by atoms with Gasteiger partial charge in [0.25, 0.3) is 0 Å². The molecule has 0 aromatic carbocycles. The zero-order valence-electron chi connectivity index (χ0n) is 10.4. The second kappa shape index (κ2) is 9.20. The van der Waals surface area contributed by atoms with Gasteiger partial charge in [-0.2, -0.15) is 11.8 Å². The number of rotatable bonds is 6. The molecule has 7 heteroatoms. The van der Waals surface area contributed by atoms with E-state index in [4.69, 9.17) is 5.73 Å². The lowest BCUT2D eigenvalue weighted by Gasteiger charge is -2.20. The lowest BCUT2D eigenvalue weighted by atomic mass is 10.2.